The van der Waals surface area contributed by atoms with E-state index < -0.39 is 0 Å². The van der Waals surface area contributed by atoms with Gasteiger partial charge in [0.1, 0.15) is 11.5 Å². The highest BCUT2D eigenvalue weighted by Gasteiger charge is 2.10. The summed E-state index contributed by atoms with van der Waals surface area (Å²) in [5.74, 6) is 1.01. The van der Waals surface area contributed by atoms with Gasteiger partial charge in [-0.2, -0.15) is 0 Å². The van der Waals surface area contributed by atoms with E-state index in [4.69, 9.17) is 9.15 Å². The van der Waals surface area contributed by atoms with E-state index in [1.54, 1.807) is 12.1 Å². The molecule has 28 heavy (non-hydrogen) atoms. The van der Waals surface area contributed by atoms with Gasteiger partial charge < -0.3 is 9.15 Å². The number of hydrogen-bond donors (Lipinski definition) is 0. The van der Waals surface area contributed by atoms with Crippen molar-refractivity contribution in [3.05, 3.63) is 89.3 Å². The molecule has 4 aromatic rings. The van der Waals surface area contributed by atoms with E-state index in [1.165, 1.54) is 12.5 Å². The Morgan fingerprint density at radius 2 is 1.71 bits per heavy atom. The number of benzene rings is 3. The van der Waals surface area contributed by atoms with Gasteiger partial charge in [-0.05, 0) is 53.6 Å². The van der Waals surface area contributed by atoms with Crippen LogP contribution in [0.1, 0.15) is 27.4 Å². The van der Waals surface area contributed by atoms with Gasteiger partial charge in [-0.3, -0.25) is 0 Å². The fraction of sp³-hybridized carbons (Fsp3) is 0.0833. The molecule has 0 spiro atoms. The van der Waals surface area contributed by atoms with Crippen LogP contribution in [0.15, 0.2) is 71.1 Å². The Morgan fingerprint density at radius 3 is 2.46 bits per heavy atom. The molecular weight excluding hydrogens is 350 g/mol. The first kappa shape index (κ1) is 17.7. The van der Waals surface area contributed by atoms with Crippen LogP contribution in [-0.4, -0.2) is 18.1 Å². The van der Waals surface area contributed by atoms with Gasteiger partial charge in [-0.1, -0.05) is 48.5 Å². The molecule has 0 bridgehead atoms. The van der Waals surface area contributed by atoms with Crippen molar-refractivity contribution in [2.24, 2.45) is 0 Å². The number of nitrogens with zero attached hydrogens (tertiary/aromatic N) is 1. The van der Waals surface area contributed by atoms with Gasteiger partial charge in [-0.15, -0.1) is 0 Å². The largest absolute Gasteiger partial charge is 0.465 e. The molecular formula is C24H19NO3. The number of carbonyl (C=O) groups is 1. The predicted molar refractivity (Wildman–Crippen MR) is 111 cm³/mol. The quantitative estimate of drug-likeness (QED) is 0.429. The summed E-state index contributed by atoms with van der Waals surface area (Å²) < 4.78 is 10.6. The molecule has 0 amide bonds. The maximum atomic E-state index is 11.5. The van der Waals surface area contributed by atoms with Crippen LogP contribution in [0.25, 0.3) is 34.4 Å². The first-order valence-corrected chi connectivity index (χ1v) is 8.97. The first-order valence-electron chi connectivity index (χ1n) is 8.97. The van der Waals surface area contributed by atoms with Gasteiger partial charge in [0.15, 0.2) is 0 Å². The number of methoxy groups -OCH3 is 1. The lowest BCUT2D eigenvalue weighted by Crippen LogP contribution is -2.00. The smallest absolute Gasteiger partial charge is 0.337 e. The van der Waals surface area contributed by atoms with Gasteiger partial charge in [0.05, 0.1) is 12.7 Å². The van der Waals surface area contributed by atoms with Crippen molar-refractivity contribution >= 4 is 28.9 Å². The lowest BCUT2D eigenvalue weighted by Gasteiger charge is -1.99. The lowest BCUT2D eigenvalue weighted by molar-refractivity contribution is 0.0600. The van der Waals surface area contributed by atoms with Gasteiger partial charge in [0.25, 0.3) is 0 Å². The number of rotatable bonds is 4. The zero-order valence-corrected chi connectivity index (χ0v) is 15.7. The molecule has 0 aliphatic heterocycles. The molecule has 0 aliphatic rings. The Bertz CT molecular complexity index is 1170. The molecule has 4 nitrogen and oxygen atoms in total. The van der Waals surface area contributed by atoms with Gasteiger partial charge >= 0.3 is 5.97 Å². The second-order valence-corrected chi connectivity index (χ2v) is 6.47. The summed E-state index contributed by atoms with van der Waals surface area (Å²) in [6, 6.07) is 21.6. The summed E-state index contributed by atoms with van der Waals surface area (Å²) in [5, 5.41) is 2.34. The molecule has 4 rings (SSSR count). The minimum atomic E-state index is -0.345. The molecule has 0 saturated heterocycles. The fourth-order valence-corrected chi connectivity index (χ4v) is 3.03. The standard InChI is InChI=1S/C24H19NO3/c1-16-22(14-9-17-7-10-19(11-8-17)24(26)27-2)25-23(28-16)21-13-12-18-5-3-4-6-20(18)15-21/h3-15H,1-2H3. The molecule has 1 aromatic heterocycles. The molecule has 0 N–H and O–H groups in total. The van der Waals surface area contributed by atoms with Crippen molar-refractivity contribution in [3.63, 3.8) is 0 Å². The van der Waals surface area contributed by atoms with E-state index >= 15 is 0 Å². The molecule has 0 unspecified atom stereocenters. The highest BCUT2D eigenvalue weighted by Crippen LogP contribution is 2.26. The monoisotopic (exact) mass is 369 g/mol. The number of esters is 1. The highest BCUT2D eigenvalue weighted by atomic mass is 16.5. The normalized spacial score (nSPS) is 11.2. The average Bonchev–Trinajstić information content (AvgIpc) is 3.12. The molecule has 0 atom stereocenters. The minimum absolute atomic E-state index is 0.345. The predicted octanol–water partition coefficient (Wildman–Crippen LogP) is 5.76. The number of fused-ring (bicyclic) bond motifs is 1. The summed E-state index contributed by atoms with van der Waals surface area (Å²) in [5.41, 5.74) is 3.21. The molecule has 0 radical (unpaired) electrons. The molecule has 4 heteroatoms. The summed E-state index contributed by atoms with van der Waals surface area (Å²) in [6.07, 6.45) is 3.85. The van der Waals surface area contributed by atoms with E-state index in [1.807, 2.05) is 49.4 Å². The summed E-state index contributed by atoms with van der Waals surface area (Å²) in [6.45, 7) is 1.90. The third-order valence-corrected chi connectivity index (χ3v) is 4.59. The molecule has 0 aliphatic carbocycles. The average molecular weight is 369 g/mol. The molecule has 0 fully saturated rings. The minimum Gasteiger partial charge on any atom is -0.465 e. The van der Waals surface area contributed by atoms with Crippen LogP contribution in [0.5, 0.6) is 0 Å². The number of aromatic nitrogens is 1. The van der Waals surface area contributed by atoms with Crippen LogP contribution in [0, 0.1) is 6.92 Å². The van der Waals surface area contributed by atoms with Crippen molar-refractivity contribution in [1.82, 2.24) is 4.98 Å². The molecule has 138 valence electrons. The molecule has 1 heterocycles. The summed E-state index contributed by atoms with van der Waals surface area (Å²) >= 11 is 0. The van der Waals surface area contributed by atoms with Crippen LogP contribution in [-0.2, 0) is 4.74 Å². The van der Waals surface area contributed by atoms with Crippen molar-refractivity contribution in [2.45, 2.75) is 6.92 Å². The number of carbonyl (C=O) groups excluding carboxylic acids is 1. The van der Waals surface area contributed by atoms with Crippen molar-refractivity contribution < 1.29 is 13.9 Å². The second kappa shape index (κ2) is 7.53. The first-order chi connectivity index (χ1) is 13.6. The van der Waals surface area contributed by atoms with E-state index in [2.05, 4.69) is 29.2 Å². The number of ether oxygens (including phenoxy) is 1. The SMILES string of the molecule is COC(=O)c1ccc(C=Cc2nc(-c3ccc4ccccc4c3)oc2C)cc1. The fourth-order valence-electron chi connectivity index (χ4n) is 3.03. The van der Waals surface area contributed by atoms with E-state index in [9.17, 15) is 4.79 Å². The zero-order valence-electron chi connectivity index (χ0n) is 15.7. The van der Waals surface area contributed by atoms with Crippen molar-refractivity contribution in [2.75, 3.05) is 7.11 Å². The number of oxazole rings is 1. The molecule has 0 saturated carbocycles. The van der Waals surface area contributed by atoms with Gasteiger partial charge in [0.2, 0.25) is 5.89 Å². The Hall–Kier alpha value is -3.66. The maximum absolute atomic E-state index is 11.5. The van der Waals surface area contributed by atoms with Crippen molar-refractivity contribution in [3.8, 4) is 11.5 Å². The molecule has 3 aromatic carbocycles. The third-order valence-electron chi connectivity index (χ3n) is 4.59. The third kappa shape index (κ3) is 3.58. The number of hydrogen-bond acceptors (Lipinski definition) is 4. The van der Waals surface area contributed by atoms with E-state index in [-0.39, 0.29) is 5.97 Å². The Kier molecular flexibility index (Phi) is 4.77. The highest BCUT2D eigenvalue weighted by molar-refractivity contribution is 5.89. The van der Waals surface area contributed by atoms with Crippen LogP contribution in [0.2, 0.25) is 0 Å². The van der Waals surface area contributed by atoms with Gasteiger partial charge in [0, 0.05) is 5.56 Å². The Labute approximate surface area is 163 Å². The number of aryl methyl sites for hydroxylation is 1. The van der Waals surface area contributed by atoms with Crippen molar-refractivity contribution in [1.29, 1.82) is 0 Å². The lowest BCUT2D eigenvalue weighted by atomic mass is 10.1. The van der Waals surface area contributed by atoms with E-state index in [0.29, 0.717) is 11.5 Å². The second-order valence-electron chi connectivity index (χ2n) is 6.47. The van der Waals surface area contributed by atoms with Crippen LogP contribution < -0.4 is 0 Å². The Morgan fingerprint density at radius 1 is 0.964 bits per heavy atom. The maximum Gasteiger partial charge on any atom is 0.337 e. The van der Waals surface area contributed by atoms with Crippen LogP contribution in [0.4, 0.5) is 0 Å². The summed E-state index contributed by atoms with van der Waals surface area (Å²) in [7, 11) is 1.37. The zero-order chi connectivity index (χ0) is 19.5. The van der Waals surface area contributed by atoms with Crippen LogP contribution in [0.3, 0.4) is 0 Å². The van der Waals surface area contributed by atoms with Crippen LogP contribution >= 0.6 is 0 Å². The Balaban J connectivity index is 1.58. The topological polar surface area (TPSA) is 52.3 Å². The van der Waals surface area contributed by atoms with Gasteiger partial charge in [-0.25, -0.2) is 9.78 Å². The van der Waals surface area contributed by atoms with E-state index in [0.717, 1.165) is 28.0 Å². The summed E-state index contributed by atoms with van der Waals surface area (Å²) in [4.78, 5) is 16.1.